The summed E-state index contributed by atoms with van der Waals surface area (Å²) in [4.78, 5) is 22.4. The van der Waals surface area contributed by atoms with Gasteiger partial charge in [0.25, 0.3) is 11.6 Å². The zero-order chi connectivity index (χ0) is 15.4. The predicted octanol–water partition coefficient (Wildman–Crippen LogP) is 3.20. The Morgan fingerprint density at radius 3 is 2.57 bits per heavy atom. The molecular formula is C15H15N3O3. The summed E-state index contributed by atoms with van der Waals surface area (Å²) in [6.07, 6.45) is 0. The van der Waals surface area contributed by atoms with Gasteiger partial charge in [0.1, 0.15) is 0 Å². The molecule has 0 unspecified atom stereocenters. The highest BCUT2D eigenvalue weighted by Gasteiger charge is 2.10. The molecule has 2 rings (SSSR count). The quantitative estimate of drug-likeness (QED) is 0.667. The fourth-order valence-electron chi connectivity index (χ4n) is 1.99. The van der Waals surface area contributed by atoms with Crippen molar-refractivity contribution in [3.05, 3.63) is 63.7 Å². The van der Waals surface area contributed by atoms with E-state index < -0.39 is 4.92 Å². The van der Waals surface area contributed by atoms with Crippen molar-refractivity contribution >= 4 is 23.0 Å². The van der Waals surface area contributed by atoms with Gasteiger partial charge in [0.05, 0.1) is 4.92 Å². The number of anilines is 2. The van der Waals surface area contributed by atoms with Crippen molar-refractivity contribution in [1.82, 2.24) is 0 Å². The highest BCUT2D eigenvalue weighted by Crippen LogP contribution is 2.19. The Hall–Kier alpha value is -2.89. The maximum Gasteiger partial charge on any atom is 0.271 e. The number of benzene rings is 2. The number of carbonyl (C=O) groups is 1. The normalized spacial score (nSPS) is 10.0. The van der Waals surface area contributed by atoms with E-state index in [-0.39, 0.29) is 11.6 Å². The number of hydrogen-bond acceptors (Lipinski definition) is 4. The third-order valence-corrected chi connectivity index (χ3v) is 3.07. The molecule has 0 saturated heterocycles. The first-order valence-electron chi connectivity index (χ1n) is 6.35. The van der Waals surface area contributed by atoms with E-state index in [1.54, 1.807) is 18.2 Å². The van der Waals surface area contributed by atoms with E-state index in [2.05, 4.69) is 10.6 Å². The van der Waals surface area contributed by atoms with Crippen molar-refractivity contribution in [3.63, 3.8) is 0 Å². The molecule has 2 aromatic rings. The number of nitrogens with zero attached hydrogens (tertiary/aromatic N) is 1. The summed E-state index contributed by atoms with van der Waals surface area (Å²) in [5, 5.41) is 16.4. The van der Waals surface area contributed by atoms with Crippen LogP contribution in [-0.2, 0) is 0 Å². The number of hydrogen-bond donors (Lipinski definition) is 2. The van der Waals surface area contributed by atoms with Gasteiger partial charge in [0.15, 0.2) is 0 Å². The molecule has 0 aliphatic carbocycles. The van der Waals surface area contributed by atoms with Crippen LogP contribution in [0.1, 0.15) is 15.9 Å². The minimum Gasteiger partial charge on any atom is -0.388 e. The zero-order valence-corrected chi connectivity index (χ0v) is 11.7. The number of nitro groups is 1. The van der Waals surface area contributed by atoms with Crippen molar-refractivity contribution in [2.45, 2.75) is 6.92 Å². The minimum atomic E-state index is -0.498. The van der Waals surface area contributed by atoms with Crippen LogP contribution in [0, 0.1) is 17.0 Å². The minimum absolute atomic E-state index is 0.0606. The van der Waals surface area contributed by atoms with Gasteiger partial charge in [-0.3, -0.25) is 14.9 Å². The van der Waals surface area contributed by atoms with Crippen molar-refractivity contribution in [2.75, 3.05) is 17.7 Å². The first-order valence-corrected chi connectivity index (χ1v) is 6.35. The fraction of sp³-hybridized carbons (Fsp3) is 0.133. The molecule has 6 heteroatoms. The van der Waals surface area contributed by atoms with Gasteiger partial charge in [-0.25, -0.2) is 0 Å². The molecule has 2 aromatic carbocycles. The van der Waals surface area contributed by atoms with E-state index >= 15 is 0 Å². The Balaban J connectivity index is 2.20. The average Bonchev–Trinajstić information content (AvgIpc) is 2.47. The lowest BCUT2D eigenvalue weighted by Crippen LogP contribution is -2.12. The van der Waals surface area contributed by atoms with Crippen LogP contribution in [0.25, 0.3) is 0 Å². The van der Waals surface area contributed by atoms with Gasteiger partial charge >= 0.3 is 0 Å². The number of nitrogens with one attached hydrogen (secondary N) is 2. The molecule has 0 aliphatic heterocycles. The van der Waals surface area contributed by atoms with Crippen LogP contribution < -0.4 is 10.6 Å². The molecule has 108 valence electrons. The number of non-ortho nitro benzene ring substituents is 1. The number of aryl methyl sites for hydroxylation is 1. The largest absolute Gasteiger partial charge is 0.388 e. The van der Waals surface area contributed by atoms with Crippen molar-refractivity contribution in [2.24, 2.45) is 0 Å². The summed E-state index contributed by atoms with van der Waals surface area (Å²) in [6.45, 7) is 1.90. The Labute approximate surface area is 121 Å². The second-order valence-electron chi connectivity index (χ2n) is 4.54. The molecule has 1 amide bonds. The van der Waals surface area contributed by atoms with Crippen LogP contribution in [0.2, 0.25) is 0 Å². The molecule has 21 heavy (non-hydrogen) atoms. The Morgan fingerprint density at radius 1 is 1.19 bits per heavy atom. The van der Waals surface area contributed by atoms with Gasteiger partial charge in [0, 0.05) is 36.1 Å². The lowest BCUT2D eigenvalue weighted by molar-refractivity contribution is -0.384. The van der Waals surface area contributed by atoms with Crippen molar-refractivity contribution in [1.29, 1.82) is 0 Å². The van der Waals surface area contributed by atoms with E-state index in [4.69, 9.17) is 0 Å². The standard InChI is InChI=1S/C15H15N3O3/c1-10-8-11(6-7-14(10)16-2)15(19)17-12-4-3-5-13(9-12)18(20)21/h3-9,16H,1-2H3,(H,17,19). The summed E-state index contributed by atoms with van der Waals surface area (Å²) in [6, 6.07) is 11.1. The van der Waals surface area contributed by atoms with E-state index in [0.717, 1.165) is 11.3 Å². The van der Waals surface area contributed by atoms with Crippen LogP contribution in [0.3, 0.4) is 0 Å². The molecule has 0 radical (unpaired) electrons. The number of amides is 1. The summed E-state index contributed by atoms with van der Waals surface area (Å²) in [7, 11) is 1.81. The predicted molar refractivity (Wildman–Crippen MR) is 81.8 cm³/mol. The van der Waals surface area contributed by atoms with Gasteiger partial charge in [-0.2, -0.15) is 0 Å². The summed E-state index contributed by atoms with van der Waals surface area (Å²) < 4.78 is 0. The second kappa shape index (κ2) is 6.04. The number of carbonyl (C=O) groups excluding carboxylic acids is 1. The third-order valence-electron chi connectivity index (χ3n) is 3.07. The Morgan fingerprint density at radius 2 is 1.95 bits per heavy atom. The summed E-state index contributed by atoms with van der Waals surface area (Å²) >= 11 is 0. The van der Waals surface area contributed by atoms with Gasteiger partial charge in [0.2, 0.25) is 0 Å². The highest BCUT2D eigenvalue weighted by molar-refractivity contribution is 6.04. The van der Waals surface area contributed by atoms with Gasteiger partial charge in [-0.1, -0.05) is 6.07 Å². The van der Waals surface area contributed by atoms with Crippen molar-refractivity contribution in [3.8, 4) is 0 Å². The van der Waals surface area contributed by atoms with Gasteiger partial charge < -0.3 is 10.6 Å². The van der Waals surface area contributed by atoms with Crippen LogP contribution in [0.5, 0.6) is 0 Å². The number of rotatable bonds is 4. The summed E-state index contributed by atoms with van der Waals surface area (Å²) in [5.41, 5.74) is 2.73. The van der Waals surface area contributed by atoms with E-state index in [9.17, 15) is 14.9 Å². The number of nitro benzene ring substituents is 1. The third kappa shape index (κ3) is 3.36. The first-order chi connectivity index (χ1) is 10.0. The molecule has 0 atom stereocenters. The molecular weight excluding hydrogens is 270 g/mol. The lowest BCUT2D eigenvalue weighted by atomic mass is 10.1. The van der Waals surface area contributed by atoms with Crippen LogP contribution in [0.15, 0.2) is 42.5 Å². The monoisotopic (exact) mass is 285 g/mol. The first kappa shape index (κ1) is 14.5. The molecule has 0 bridgehead atoms. The topological polar surface area (TPSA) is 84.3 Å². The average molecular weight is 285 g/mol. The van der Waals surface area contributed by atoms with Crippen LogP contribution >= 0.6 is 0 Å². The molecule has 0 aromatic heterocycles. The second-order valence-corrected chi connectivity index (χ2v) is 4.54. The van der Waals surface area contributed by atoms with Crippen LogP contribution in [0.4, 0.5) is 17.1 Å². The lowest BCUT2D eigenvalue weighted by Gasteiger charge is -2.09. The SMILES string of the molecule is CNc1ccc(C(=O)Nc2cccc([N+](=O)[O-])c2)cc1C. The molecule has 0 aliphatic rings. The van der Waals surface area contributed by atoms with Gasteiger partial charge in [-0.15, -0.1) is 0 Å². The van der Waals surface area contributed by atoms with E-state index in [1.165, 1.54) is 18.2 Å². The molecule has 0 saturated carbocycles. The van der Waals surface area contributed by atoms with E-state index in [1.807, 2.05) is 20.0 Å². The van der Waals surface area contributed by atoms with E-state index in [0.29, 0.717) is 11.3 Å². The fourth-order valence-corrected chi connectivity index (χ4v) is 1.99. The zero-order valence-electron chi connectivity index (χ0n) is 11.7. The molecule has 6 nitrogen and oxygen atoms in total. The summed E-state index contributed by atoms with van der Waals surface area (Å²) in [5.74, 6) is -0.304. The van der Waals surface area contributed by atoms with Crippen molar-refractivity contribution < 1.29 is 9.72 Å². The van der Waals surface area contributed by atoms with Crippen LogP contribution in [-0.4, -0.2) is 17.9 Å². The maximum absolute atomic E-state index is 12.1. The molecule has 2 N–H and O–H groups in total. The molecule has 0 heterocycles. The molecule has 0 fully saturated rings. The molecule has 0 spiro atoms. The highest BCUT2D eigenvalue weighted by atomic mass is 16.6. The smallest absolute Gasteiger partial charge is 0.271 e. The Bertz CT molecular complexity index is 698. The maximum atomic E-state index is 12.1. The van der Waals surface area contributed by atoms with Gasteiger partial charge in [-0.05, 0) is 36.8 Å². The Kier molecular flexibility index (Phi) is 4.18.